The summed E-state index contributed by atoms with van der Waals surface area (Å²) in [6.45, 7) is 6.62. The van der Waals surface area contributed by atoms with Crippen molar-refractivity contribution in [1.82, 2.24) is 15.3 Å². The zero-order chi connectivity index (χ0) is 29.8. The van der Waals surface area contributed by atoms with Crippen LogP contribution < -0.4 is 20.5 Å². The molecule has 3 N–H and O–H groups in total. The molecule has 6 rings (SSSR count). The van der Waals surface area contributed by atoms with Crippen LogP contribution in [0.1, 0.15) is 58.6 Å². The van der Waals surface area contributed by atoms with Crippen molar-refractivity contribution in [3.63, 3.8) is 0 Å². The number of halogens is 2. The number of alkyl halides is 1. The van der Waals surface area contributed by atoms with Gasteiger partial charge in [0.1, 0.15) is 34.2 Å². The minimum atomic E-state index is -1.51. The Morgan fingerprint density at radius 1 is 1.14 bits per heavy atom. The van der Waals surface area contributed by atoms with E-state index in [9.17, 15) is 9.18 Å². The second-order valence-electron chi connectivity index (χ2n) is 11.8. The number of fused-ring (bicyclic) bond motifs is 2. The van der Waals surface area contributed by atoms with Gasteiger partial charge in [-0.3, -0.25) is 4.79 Å². The molecule has 1 amide bonds. The van der Waals surface area contributed by atoms with Gasteiger partial charge in [-0.15, -0.1) is 0 Å². The monoisotopic (exact) mass is 572 g/mol. The average molecular weight is 573 g/mol. The third-order valence-electron chi connectivity index (χ3n) is 8.73. The summed E-state index contributed by atoms with van der Waals surface area (Å²) < 4.78 is 41.4. The quantitative estimate of drug-likeness (QED) is 0.282. The first-order chi connectivity index (χ1) is 20.0. The maximum absolute atomic E-state index is 16.0. The second kappa shape index (κ2) is 10.3. The van der Waals surface area contributed by atoms with Crippen molar-refractivity contribution in [2.24, 2.45) is 5.73 Å². The van der Waals surface area contributed by atoms with Gasteiger partial charge < -0.3 is 20.5 Å². The first-order valence-electron chi connectivity index (χ1n) is 14.1. The van der Waals surface area contributed by atoms with E-state index in [-0.39, 0.29) is 18.3 Å². The molecular formula is C33H34F2N4O3. The number of amides is 1. The van der Waals surface area contributed by atoms with Crippen LogP contribution in [-0.4, -0.2) is 48.4 Å². The summed E-state index contributed by atoms with van der Waals surface area (Å²) in [6, 6.07) is 13.3. The van der Waals surface area contributed by atoms with Crippen LogP contribution in [0, 0.1) is 19.7 Å². The molecule has 0 saturated heterocycles. The summed E-state index contributed by atoms with van der Waals surface area (Å²) in [7, 11) is 1.54. The number of hydrogen-bond donors (Lipinski definition) is 2. The van der Waals surface area contributed by atoms with E-state index >= 15 is 4.39 Å². The highest BCUT2D eigenvalue weighted by atomic mass is 19.1. The summed E-state index contributed by atoms with van der Waals surface area (Å²) in [4.78, 5) is 23.0. The number of benzene rings is 2. The zero-order valence-corrected chi connectivity index (χ0v) is 24.2. The number of hydrogen-bond acceptors (Lipinski definition) is 6. The second-order valence-corrected chi connectivity index (χ2v) is 11.8. The van der Waals surface area contributed by atoms with Gasteiger partial charge in [-0.1, -0.05) is 6.92 Å². The van der Waals surface area contributed by atoms with Gasteiger partial charge in [0.15, 0.2) is 0 Å². The van der Waals surface area contributed by atoms with Crippen LogP contribution in [0.4, 0.5) is 8.78 Å². The molecule has 9 heteroatoms. The number of nitrogens with two attached hydrogens (primary N) is 1. The summed E-state index contributed by atoms with van der Waals surface area (Å²) in [5.41, 5.74) is 9.64. The average Bonchev–Trinajstić information content (AvgIpc) is 3.64. The van der Waals surface area contributed by atoms with Crippen molar-refractivity contribution in [3.05, 3.63) is 82.4 Å². The number of aromatic nitrogens is 2. The van der Waals surface area contributed by atoms with E-state index in [4.69, 9.17) is 20.2 Å². The molecule has 2 atom stereocenters. The molecule has 1 aliphatic heterocycles. The fraction of sp³-hybridized carbons (Fsp3) is 0.364. The Bertz CT molecular complexity index is 1700. The fourth-order valence-electron chi connectivity index (χ4n) is 5.66. The Morgan fingerprint density at radius 2 is 1.88 bits per heavy atom. The number of aryl methyl sites for hydroxylation is 2. The first kappa shape index (κ1) is 28.0. The third-order valence-corrected chi connectivity index (χ3v) is 8.73. The Hall–Kier alpha value is -4.11. The predicted octanol–water partition coefficient (Wildman–Crippen LogP) is 5.69. The predicted molar refractivity (Wildman–Crippen MR) is 157 cm³/mol. The van der Waals surface area contributed by atoms with Gasteiger partial charge in [-0.2, -0.15) is 0 Å². The smallest absolute Gasteiger partial charge is 0.251 e. The maximum atomic E-state index is 16.0. The van der Waals surface area contributed by atoms with Crippen molar-refractivity contribution in [2.45, 2.75) is 50.6 Å². The van der Waals surface area contributed by atoms with Crippen LogP contribution in [0.25, 0.3) is 22.2 Å². The van der Waals surface area contributed by atoms with Crippen molar-refractivity contribution in [3.8, 4) is 22.8 Å². The van der Waals surface area contributed by atoms with Crippen molar-refractivity contribution in [1.29, 1.82) is 0 Å². The lowest BCUT2D eigenvalue weighted by Gasteiger charge is -2.25. The summed E-state index contributed by atoms with van der Waals surface area (Å²) in [5.74, 6) is -0.355. The Balaban J connectivity index is 1.36. The minimum Gasteiger partial charge on any atom is -0.494 e. The number of carbonyl (C=O) groups is 1. The zero-order valence-electron chi connectivity index (χ0n) is 24.2. The molecule has 1 aliphatic carbocycles. The summed E-state index contributed by atoms with van der Waals surface area (Å²) in [6.07, 6.45) is 0.744. The first-order valence-corrected chi connectivity index (χ1v) is 14.1. The summed E-state index contributed by atoms with van der Waals surface area (Å²) >= 11 is 0. The number of nitrogens with zero attached hydrogens (tertiary/aromatic N) is 2. The van der Waals surface area contributed by atoms with Crippen LogP contribution in [0.5, 0.6) is 11.5 Å². The van der Waals surface area contributed by atoms with Gasteiger partial charge in [-0.05, 0) is 80.8 Å². The van der Waals surface area contributed by atoms with Gasteiger partial charge in [-0.25, -0.2) is 18.7 Å². The molecule has 0 spiro atoms. The number of rotatable bonds is 8. The maximum Gasteiger partial charge on any atom is 0.251 e. The largest absolute Gasteiger partial charge is 0.494 e. The van der Waals surface area contributed by atoms with Gasteiger partial charge >= 0.3 is 0 Å². The molecule has 2 aliphatic rings. The number of nitrogens with one attached hydrogen (secondary N) is 1. The Labute approximate surface area is 243 Å². The molecule has 1 fully saturated rings. The molecule has 7 nitrogen and oxygen atoms in total. The topological polar surface area (TPSA) is 99.4 Å². The number of carbonyl (C=O) groups excluding carboxylic acids is 1. The van der Waals surface area contributed by atoms with Gasteiger partial charge in [0.2, 0.25) is 0 Å². The van der Waals surface area contributed by atoms with Crippen molar-refractivity contribution < 1.29 is 23.0 Å². The van der Waals surface area contributed by atoms with Gasteiger partial charge in [0.05, 0.1) is 19.6 Å². The molecule has 218 valence electrons. The lowest BCUT2D eigenvalue weighted by atomic mass is 9.82. The summed E-state index contributed by atoms with van der Waals surface area (Å²) in [5, 5.41) is 3.74. The number of methoxy groups -OCH3 is 1. The normalized spacial score (nSPS) is 19.2. The fourth-order valence-corrected chi connectivity index (χ4v) is 5.66. The van der Waals surface area contributed by atoms with E-state index in [1.165, 1.54) is 12.1 Å². The van der Waals surface area contributed by atoms with Gasteiger partial charge in [0, 0.05) is 52.0 Å². The van der Waals surface area contributed by atoms with E-state index in [1.54, 1.807) is 31.4 Å². The van der Waals surface area contributed by atoms with Crippen LogP contribution in [0.3, 0.4) is 0 Å². The lowest BCUT2D eigenvalue weighted by molar-refractivity contribution is 0.0944. The van der Waals surface area contributed by atoms with E-state index in [1.807, 2.05) is 32.9 Å². The molecule has 0 bridgehead atoms. The minimum absolute atomic E-state index is 0.0374. The molecule has 42 heavy (non-hydrogen) atoms. The van der Waals surface area contributed by atoms with E-state index < -0.39 is 17.0 Å². The highest BCUT2D eigenvalue weighted by Crippen LogP contribution is 2.52. The SMILES string of the molecule is COc1cc(C(=O)NC[C@H](c2cc3c(c(-c4ccc(F)cc4)n2)OC[C@]3(C)CN)C2(F)CC2)cc2cc(C)c(C)nc12. The van der Waals surface area contributed by atoms with Crippen molar-refractivity contribution >= 4 is 16.8 Å². The van der Waals surface area contributed by atoms with Crippen LogP contribution >= 0.6 is 0 Å². The lowest BCUT2D eigenvalue weighted by Crippen LogP contribution is -2.35. The number of ether oxygens (including phenoxy) is 2. The highest BCUT2D eigenvalue weighted by Gasteiger charge is 2.52. The third kappa shape index (κ3) is 4.85. The molecule has 0 radical (unpaired) electrons. The molecule has 4 aromatic rings. The van der Waals surface area contributed by atoms with E-state index in [0.29, 0.717) is 65.5 Å². The molecule has 0 unspecified atom stereocenters. The molecule has 2 aromatic carbocycles. The molecular weight excluding hydrogens is 538 g/mol. The molecule has 1 saturated carbocycles. The highest BCUT2D eigenvalue weighted by molar-refractivity contribution is 6.00. The van der Waals surface area contributed by atoms with Crippen molar-refractivity contribution in [2.75, 3.05) is 26.8 Å². The van der Waals surface area contributed by atoms with E-state index in [2.05, 4.69) is 10.3 Å². The Morgan fingerprint density at radius 3 is 2.55 bits per heavy atom. The van der Waals surface area contributed by atoms with Crippen LogP contribution in [0.15, 0.2) is 48.5 Å². The standard InChI is InChI=1S/C33H34F2N4O3/c1-18-11-21-12-22(13-27(41-4)28(21)38-19(18)2)31(40)37-15-25(33(35)9-10-33)26-14-24-30(42-17-32(24,3)16-36)29(39-26)20-5-7-23(34)8-6-20/h5-8,11-14,25H,9-10,15-17,36H2,1-4H3,(H,37,40)/t25-,32+/m1/s1. The Kier molecular flexibility index (Phi) is 6.88. The van der Waals surface area contributed by atoms with E-state index in [0.717, 1.165) is 22.2 Å². The number of pyridine rings is 2. The molecule has 3 heterocycles. The molecule has 2 aromatic heterocycles. The van der Waals surface area contributed by atoms with Gasteiger partial charge in [0.25, 0.3) is 5.91 Å². The van der Waals surface area contributed by atoms with Crippen LogP contribution in [0.2, 0.25) is 0 Å². The van der Waals surface area contributed by atoms with Crippen LogP contribution in [-0.2, 0) is 5.41 Å².